The molecule has 1 N–H and O–H groups in total. The van der Waals surface area contributed by atoms with Crippen LogP contribution in [0.2, 0.25) is 0 Å². The highest BCUT2D eigenvalue weighted by molar-refractivity contribution is 5.90. The van der Waals surface area contributed by atoms with Crippen LogP contribution in [0.15, 0.2) is 12.1 Å². The Labute approximate surface area is 145 Å². The molecule has 0 amide bonds. The standard InChI is InChI=1S/C18H21NO4/c1-19-8-7-17-14-10-3-4-12(22-2)15(14)23-16(17)11(20)5-6-18(17,21)13(19)9-10/h3-4,13,16,21H,5-9H2,1-2H3/t13-,16?,17+,18-/m1/s1/i2D3,3D,4D,5D2. The Morgan fingerprint density at radius 2 is 2.43 bits per heavy atom. The highest BCUT2D eigenvalue weighted by Crippen LogP contribution is 2.64. The second-order valence-electron chi connectivity index (χ2n) is 6.93. The van der Waals surface area contributed by atoms with E-state index in [2.05, 4.69) is 0 Å². The summed E-state index contributed by atoms with van der Waals surface area (Å²) < 4.78 is 66.6. The maximum atomic E-state index is 13.1. The van der Waals surface area contributed by atoms with Crippen molar-refractivity contribution in [1.29, 1.82) is 0 Å². The third kappa shape index (κ3) is 1.32. The molecule has 1 saturated carbocycles. The van der Waals surface area contributed by atoms with Crippen LogP contribution < -0.4 is 9.47 Å². The number of piperidine rings is 1. The Morgan fingerprint density at radius 1 is 1.57 bits per heavy atom. The molecule has 5 heteroatoms. The Hall–Kier alpha value is -1.59. The smallest absolute Gasteiger partial charge is 0.174 e. The monoisotopic (exact) mass is 322 g/mol. The minimum absolute atomic E-state index is 0.125. The molecule has 1 spiro atoms. The molecule has 1 aromatic carbocycles. The van der Waals surface area contributed by atoms with Gasteiger partial charge in [-0.1, -0.05) is 6.04 Å². The third-order valence-corrected chi connectivity index (χ3v) is 6.18. The number of likely N-dealkylation sites (N-methyl/N-ethyl adjacent to an activating group) is 1. The van der Waals surface area contributed by atoms with E-state index in [1.165, 1.54) is 0 Å². The van der Waals surface area contributed by atoms with E-state index in [-0.39, 0.29) is 24.6 Å². The average molecular weight is 322 g/mol. The normalized spacial score (nSPS) is 47.7. The predicted octanol–water partition coefficient (Wildman–Crippen LogP) is 1.05. The molecule has 5 rings (SSSR count). The number of likely N-dealkylation sites (tertiary alicyclic amines) is 1. The molecule has 23 heavy (non-hydrogen) atoms. The lowest BCUT2D eigenvalue weighted by molar-refractivity contribution is -0.185. The molecular formula is C18H21NO4. The molecule has 2 bridgehead atoms. The van der Waals surface area contributed by atoms with Gasteiger partial charge in [0.2, 0.25) is 0 Å². The Morgan fingerprint density at radius 3 is 3.26 bits per heavy atom. The molecule has 2 aliphatic carbocycles. The van der Waals surface area contributed by atoms with Gasteiger partial charge in [0.15, 0.2) is 23.4 Å². The first-order chi connectivity index (χ1) is 13.7. The van der Waals surface area contributed by atoms with E-state index in [0.29, 0.717) is 17.7 Å². The summed E-state index contributed by atoms with van der Waals surface area (Å²) in [5.74, 6) is -1.41. The van der Waals surface area contributed by atoms with Crippen LogP contribution in [-0.4, -0.2) is 54.2 Å². The van der Waals surface area contributed by atoms with Gasteiger partial charge >= 0.3 is 0 Å². The fourth-order valence-corrected chi connectivity index (χ4v) is 5.13. The van der Waals surface area contributed by atoms with Crippen LogP contribution in [0.3, 0.4) is 0 Å². The minimum Gasteiger partial charge on any atom is -0.493 e. The highest BCUT2D eigenvalue weighted by Gasteiger charge is 2.72. The molecule has 0 radical (unpaired) electrons. The zero-order valence-electron chi connectivity index (χ0n) is 19.6. The number of carbonyl (C=O) groups excluding carboxylic acids is 1. The van der Waals surface area contributed by atoms with Crippen LogP contribution in [-0.2, 0) is 16.6 Å². The van der Waals surface area contributed by atoms with Crippen molar-refractivity contribution in [3.63, 3.8) is 0 Å². The van der Waals surface area contributed by atoms with Gasteiger partial charge in [0.1, 0.15) is 0 Å². The van der Waals surface area contributed by atoms with Crippen molar-refractivity contribution in [2.24, 2.45) is 0 Å². The van der Waals surface area contributed by atoms with Crippen molar-refractivity contribution in [1.82, 2.24) is 4.90 Å². The zero-order chi connectivity index (χ0) is 22.0. The molecule has 122 valence electrons. The van der Waals surface area contributed by atoms with Crippen LogP contribution in [0.4, 0.5) is 0 Å². The van der Waals surface area contributed by atoms with Crippen molar-refractivity contribution in [2.75, 3.05) is 20.6 Å². The fraction of sp³-hybridized carbons (Fsp3) is 0.611. The number of nitrogens with zero attached hydrogens (tertiary/aromatic N) is 1. The van der Waals surface area contributed by atoms with Crippen molar-refractivity contribution in [2.45, 2.75) is 48.8 Å². The lowest BCUT2D eigenvalue weighted by Gasteiger charge is -2.62. The van der Waals surface area contributed by atoms with Gasteiger partial charge in [0.05, 0.1) is 24.9 Å². The minimum atomic E-state index is -2.92. The lowest BCUT2D eigenvalue weighted by Crippen LogP contribution is -2.76. The molecule has 4 aliphatic rings. The summed E-state index contributed by atoms with van der Waals surface area (Å²) in [5, 5.41) is 11.9. The fourth-order valence-electron chi connectivity index (χ4n) is 5.13. The van der Waals surface area contributed by atoms with E-state index in [9.17, 15) is 9.90 Å². The number of carbonyl (C=O) groups is 1. The van der Waals surface area contributed by atoms with Crippen molar-refractivity contribution >= 4 is 5.78 Å². The number of hydrogen-bond donors (Lipinski definition) is 1. The summed E-state index contributed by atoms with van der Waals surface area (Å²) in [6.45, 7) is 0.507. The number of benzene rings is 1. The van der Waals surface area contributed by atoms with E-state index in [0.717, 1.165) is 0 Å². The molecular weight excluding hydrogens is 294 g/mol. The first-order valence-electron chi connectivity index (χ1n) is 11.2. The quantitative estimate of drug-likeness (QED) is 0.837. The maximum absolute atomic E-state index is 13.1. The summed E-state index contributed by atoms with van der Waals surface area (Å²) in [6, 6.07) is -1.26. The van der Waals surface area contributed by atoms with E-state index >= 15 is 0 Å². The van der Waals surface area contributed by atoms with E-state index in [1.54, 1.807) is 7.05 Å². The number of rotatable bonds is 1. The number of hydrogen-bond acceptors (Lipinski definition) is 5. The van der Waals surface area contributed by atoms with E-state index in [1.807, 2.05) is 4.90 Å². The zero-order valence-corrected chi connectivity index (χ0v) is 12.6. The lowest BCUT2D eigenvalue weighted by atomic mass is 9.49. The van der Waals surface area contributed by atoms with Gasteiger partial charge in [0.25, 0.3) is 0 Å². The van der Waals surface area contributed by atoms with Crippen molar-refractivity contribution in [3.05, 3.63) is 23.2 Å². The van der Waals surface area contributed by atoms with Crippen LogP contribution in [0.5, 0.6) is 11.5 Å². The van der Waals surface area contributed by atoms with Gasteiger partial charge in [-0.3, -0.25) is 4.79 Å². The molecule has 0 aromatic heterocycles. The summed E-state index contributed by atoms with van der Waals surface area (Å²) >= 11 is 0. The molecule has 2 heterocycles. The van der Waals surface area contributed by atoms with Crippen molar-refractivity contribution in [3.8, 4) is 11.5 Å². The Balaban J connectivity index is 1.86. The second kappa shape index (κ2) is 4.08. The number of ether oxygens (including phenoxy) is 2. The molecule has 5 nitrogen and oxygen atoms in total. The van der Waals surface area contributed by atoms with Gasteiger partial charge in [0, 0.05) is 20.7 Å². The number of Topliss-reactive ketones (excluding diaryl/α,β-unsaturated/α-hetero) is 1. The molecule has 4 atom stereocenters. The third-order valence-electron chi connectivity index (χ3n) is 6.18. The molecule has 2 fully saturated rings. The summed E-state index contributed by atoms with van der Waals surface area (Å²) in [4.78, 5) is 15.0. The molecule has 1 saturated heterocycles. The predicted molar refractivity (Wildman–Crippen MR) is 83.0 cm³/mol. The average Bonchev–Trinajstić information content (AvgIpc) is 2.95. The number of methoxy groups -OCH3 is 1. The Kier molecular flexibility index (Phi) is 1.51. The maximum Gasteiger partial charge on any atom is 0.174 e. The highest BCUT2D eigenvalue weighted by atomic mass is 16.5. The van der Waals surface area contributed by atoms with E-state index in [4.69, 9.17) is 19.1 Å². The van der Waals surface area contributed by atoms with E-state index < -0.39 is 60.6 Å². The van der Waals surface area contributed by atoms with Crippen LogP contribution >= 0.6 is 0 Å². The summed E-state index contributed by atoms with van der Waals surface area (Å²) in [6.07, 6.45) is -3.70. The first kappa shape index (κ1) is 8.49. The molecule has 1 aromatic rings. The van der Waals surface area contributed by atoms with Crippen molar-refractivity contribution < 1.29 is 29.0 Å². The largest absolute Gasteiger partial charge is 0.493 e. The van der Waals surface area contributed by atoms with Gasteiger partial charge in [-0.2, -0.15) is 0 Å². The van der Waals surface area contributed by atoms with Gasteiger partial charge in [-0.15, -0.1) is 0 Å². The SMILES string of the molecule is [2H]c1c([2H])c(OC([2H])([2H])[2H])c2c3c1C[C@H]1N(C)CC[C@@]34C(O2)C(=O)C([2H])([2H])C[C@@]14O. The topological polar surface area (TPSA) is 59.0 Å². The molecule has 2 aliphatic heterocycles. The first-order valence-corrected chi connectivity index (χ1v) is 7.74. The van der Waals surface area contributed by atoms with Crippen LogP contribution in [0.25, 0.3) is 0 Å². The van der Waals surface area contributed by atoms with Crippen LogP contribution in [0, 0.1) is 0 Å². The number of ketones is 1. The molecule has 1 unspecified atom stereocenters. The second-order valence-corrected chi connectivity index (χ2v) is 6.93. The Bertz CT molecular complexity index is 996. The summed E-state index contributed by atoms with van der Waals surface area (Å²) in [5.41, 5.74) is -2.21. The number of aliphatic hydroxyl groups is 1. The van der Waals surface area contributed by atoms with Gasteiger partial charge in [-0.25, -0.2) is 0 Å². The summed E-state index contributed by atoms with van der Waals surface area (Å²) in [7, 11) is -1.11. The van der Waals surface area contributed by atoms with Gasteiger partial charge < -0.3 is 19.5 Å². The van der Waals surface area contributed by atoms with Gasteiger partial charge in [-0.05, 0) is 44.5 Å². The van der Waals surface area contributed by atoms with Crippen LogP contribution in [0.1, 0.15) is 39.9 Å².